The molecule has 0 unspecified atom stereocenters. The molecule has 1 aliphatic carbocycles. The van der Waals surface area contributed by atoms with Crippen LogP contribution in [0.3, 0.4) is 0 Å². The van der Waals surface area contributed by atoms with Crippen molar-refractivity contribution in [1.82, 2.24) is 14.1 Å². The van der Waals surface area contributed by atoms with Gasteiger partial charge in [-0.3, -0.25) is 4.90 Å². The predicted molar refractivity (Wildman–Crippen MR) is 129 cm³/mol. The highest BCUT2D eigenvalue weighted by atomic mass is 35.5. The number of hydrogen-bond acceptors (Lipinski definition) is 5. The minimum absolute atomic E-state index is 0.0822. The zero-order valence-corrected chi connectivity index (χ0v) is 21.1. The number of hydrogen-bond donors (Lipinski definition) is 0. The fourth-order valence-electron chi connectivity index (χ4n) is 5.56. The van der Waals surface area contributed by atoms with E-state index in [1.807, 2.05) is 6.92 Å². The molecule has 184 valence electrons. The summed E-state index contributed by atoms with van der Waals surface area (Å²) in [6.07, 6.45) is 8.54. The van der Waals surface area contributed by atoms with Crippen LogP contribution in [-0.4, -0.2) is 79.5 Å². The van der Waals surface area contributed by atoms with E-state index >= 15 is 0 Å². The third-order valence-electron chi connectivity index (χ3n) is 7.41. The summed E-state index contributed by atoms with van der Waals surface area (Å²) in [5, 5.41) is 0.495. The molecule has 0 radical (unpaired) electrons. The minimum atomic E-state index is -3.71. The van der Waals surface area contributed by atoms with Gasteiger partial charge in [-0.05, 0) is 56.9 Å². The molecule has 2 atom stereocenters. The van der Waals surface area contributed by atoms with E-state index in [1.165, 1.54) is 48.5 Å². The second-order valence-corrected chi connectivity index (χ2v) is 11.9. The molecule has 1 aromatic carbocycles. The number of amides is 1. The van der Waals surface area contributed by atoms with Crippen molar-refractivity contribution in [3.8, 4) is 0 Å². The Morgan fingerprint density at radius 3 is 2.30 bits per heavy atom. The maximum Gasteiger partial charge on any atom is 0.409 e. The van der Waals surface area contributed by atoms with Crippen molar-refractivity contribution in [3.05, 3.63) is 29.3 Å². The third kappa shape index (κ3) is 5.84. The van der Waals surface area contributed by atoms with Crippen molar-refractivity contribution in [2.24, 2.45) is 0 Å². The van der Waals surface area contributed by atoms with Gasteiger partial charge in [-0.15, -0.1) is 0 Å². The van der Waals surface area contributed by atoms with Crippen LogP contribution in [0, 0.1) is 0 Å². The lowest BCUT2D eigenvalue weighted by Crippen LogP contribution is -2.54. The molecule has 9 heteroatoms. The molecule has 0 spiro atoms. The summed E-state index contributed by atoms with van der Waals surface area (Å²) in [5.41, 5.74) is 0. The molecule has 4 rings (SSSR count). The van der Waals surface area contributed by atoms with Crippen LogP contribution in [-0.2, 0) is 14.8 Å². The molecule has 1 amide bonds. The van der Waals surface area contributed by atoms with E-state index in [-0.39, 0.29) is 29.7 Å². The summed E-state index contributed by atoms with van der Waals surface area (Å²) in [6.45, 7) is 5.12. The average Bonchev–Trinajstić information content (AvgIpc) is 2.83. The van der Waals surface area contributed by atoms with Crippen molar-refractivity contribution >= 4 is 27.7 Å². The summed E-state index contributed by atoms with van der Waals surface area (Å²) in [6, 6.07) is 6.40. The number of sulfonamides is 1. The largest absolute Gasteiger partial charge is 0.448 e. The fraction of sp³-hybridized carbons (Fsp3) is 0.708. The molecule has 1 saturated carbocycles. The number of halogens is 1. The first-order valence-corrected chi connectivity index (χ1v) is 14.1. The van der Waals surface area contributed by atoms with Crippen LogP contribution in [0.25, 0.3) is 0 Å². The predicted octanol–water partition coefficient (Wildman–Crippen LogP) is 4.36. The van der Waals surface area contributed by atoms with Crippen LogP contribution in [0.5, 0.6) is 0 Å². The van der Waals surface area contributed by atoms with Crippen molar-refractivity contribution in [3.63, 3.8) is 0 Å². The van der Waals surface area contributed by atoms with Gasteiger partial charge in [0.15, 0.2) is 0 Å². The van der Waals surface area contributed by atoms with Crippen molar-refractivity contribution in [1.29, 1.82) is 0 Å². The number of piperazine rings is 1. The quantitative estimate of drug-likeness (QED) is 0.604. The van der Waals surface area contributed by atoms with E-state index in [4.69, 9.17) is 16.3 Å². The first kappa shape index (κ1) is 24.8. The topological polar surface area (TPSA) is 70.2 Å². The van der Waals surface area contributed by atoms with Gasteiger partial charge in [-0.25, -0.2) is 13.2 Å². The smallest absolute Gasteiger partial charge is 0.409 e. The fourth-order valence-corrected chi connectivity index (χ4v) is 7.54. The second kappa shape index (κ2) is 10.9. The summed E-state index contributed by atoms with van der Waals surface area (Å²) in [5.74, 6) is 0. The number of benzene rings is 1. The Morgan fingerprint density at radius 2 is 1.64 bits per heavy atom. The summed E-state index contributed by atoms with van der Waals surface area (Å²) in [7, 11) is -3.71. The van der Waals surface area contributed by atoms with Crippen LogP contribution in [0.4, 0.5) is 4.79 Å². The summed E-state index contributed by atoms with van der Waals surface area (Å²) in [4.78, 5) is 17.3. The molecule has 2 heterocycles. The molecule has 0 N–H and O–H groups in total. The van der Waals surface area contributed by atoms with E-state index in [1.54, 1.807) is 17.0 Å². The number of rotatable bonds is 5. The number of nitrogens with zero attached hydrogens (tertiary/aromatic N) is 3. The van der Waals surface area contributed by atoms with Gasteiger partial charge in [0.25, 0.3) is 0 Å². The Labute approximate surface area is 203 Å². The molecule has 3 aliphatic rings. The van der Waals surface area contributed by atoms with Crippen molar-refractivity contribution in [2.75, 3.05) is 32.8 Å². The molecular weight excluding hydrogens is 462 g/mol. The summed E-state index contributed by atoms with van der Waals surface area (Å²) < 4.78 is 34.0. The SMILES string of the molecule is C[C@@H]1CCC[C@H](COC(=O)N2CCN(C3CCCCC3)CC2)N1S(=O)(=O)c1ccc(Cl)cc1. The minimum Gasteiger partial charge on any atom is -0.448 e. The van der Waals surface area contributed by atoms with Gasteiger partial charge >= 0.3 is 6.09 Å². The van der Waals surface area contributed by atoms with Crippen LogP contribution in [0.15, 0.2) is 29.2 Å². The molecule has 33 heavy (non-hydrogen) atoms. The molecule has 2 aliphatic heterocycles. The van der Waals surface area contributed by atoms with E-state index in [0.29, 0.717) is 30.6 Å². The molecule has 3 fully saturated rings. The van der Waals surface area contributed by atoms with Gasteiger partial charge < -0.3 is 9.64 Å². The molecule has 0 bridgehead atoms. The highest BCUT2D eigenvalue weighted by Gasteiger charge is 2.39. The lowest BCUT2D eigenvalue weighted by molar-refractivity contribution is 0.0395. The lowest BCUT2D eigenvalue weighted by atomic mass is 9.94. The van der Waals surface area contributed by atoms with Crippen LogP contribution >= 0.6 is 11.6 Å². The van der Waals surface area contributed by atoms with E-state index in [9.17, 15) is 13.2 Å². The van der Waals surface area contributed by atoms with Gasteiger partial charge in [0.1, 0.15) is 6.61 Å². The Morgan fingerprint density at radius 1 is 0.970 bits per heavy atom. The standard InChI is InChI=1S/C24H36ClN3O4S/c1-19-6-5-9-22(28(19)33(30,31)23-12-10-20(25)11-13-23)18-32-24(29)27-16-14-26(15-17-27)21-7-3-2-4-8-21/h10-13,19,21-22H,2-9,14-18H2,1H3/t19-,22-/m1/s1. The molecule has 2 saturated heterocycles. The first-order chi connectivity index (χ1) is 15.9. The maximum atomic E-state index is 13.4. The molecule has 0 aromatic heterocycles. The van der Waals surface area contributed by atoms with Gasteiger partial charge in [-0.1, -0.05) is 37.3 Å². The maximum absolute atomic E-state index is 13.4. The van der Waals surface area contributed by atoms with Gasteiger partial charge in [0.2, 0.25) is 10.0 Å². The van der Waals surface area contributed by atoms with Crippen LogP contribution in [0.2, 0.25) is 5.02 Å². The van der Waals surface area contributed by atoms with Crippen molar-refractivity contribution < 1.29 is 17.9 Å². The second-order valence-electron chi connectivity index (χ2n) is 9.61. The monoisotopic (exact) mass is 497 g/mol. The molecule has 1 aromatic rings. The first-order valence-electron chi connectivity index (χ1n) is 12.3. The number of carbonyl (C=O) groups is 1. The van der Waals surface area contributed by atoms with Crippen LogP contribution < -0.4 is 0 Å². The van der Waals surface area contributed by atoms with E-state index in [0.717, 1.165) is 25.9 Å². The Kier molecular flexibility index (Phi) is 8.20. The Bertz CT molecular complexity index is 897. The third-order valence-corrected chi connectivity index (χ3v) is 9.74. The van der Waals surface area contributed by atoms with Gasteiger partial charge in [0, 0.05) is 43.3 Å². The zero-order chi connectivity index (χ0) is 23.4. The zero-order valence-electron chi connectivity index (χ0n) is 19.5. The summed E-state index contributed by atoms with van der Waals surface area (Å²) >= 11 is 5.94. The van der Waals surface area contributed by atoms with Gasteiger partial charge in [0.05, 0.1) is 10.9 Å². The number of ether oxygens (including phenoxy) is 1. The average molecular weight is 498 g/mol. The van der Waals surface area contributed by atoms with E-state index in [2.05, 4.69) is 4.90 Å². The van der Waals surface area contributed by atoms with Crippen molar-refractivity contribution in [2.45, 2.75) is 81.3 Å². The number of piperidine rings is 1. The lowest BCUT2D eigenvalue weighted by Gasteiger charge is -2.41. The normalized spacial score (nSPS) is 26.3. The number of carbonyl (C=O) groups excluding carboxylic acids is 1. The van der Waals surface area contributed by atoms with Gasteiger partial charge in [-0.2, -0.15) is 4.31 Å². The Hall–Kier alpha value is -1.35. The molecular formula is C24H36ClN3O4S. The Balaban J connectivity index is 1.34. The van der Waals surface area contributed by atoms with Crippen LogP contribution in [0.1, 0.15) is 58.3 Å². The van der Waals surface area contributed by atoms with E-state index < -0.39 is 10.0 Å². The molecule has 7 nitrogen and oxygen atoms in total. The highest BCUT2D eigenvalue weighted by Crippen LogP contribution is 2.31. The highest BCUT2D eigenvalue weighted by molar-refractivity contribution is 7.89.